The van der Waals surface area contributed by atoms with E-state index in [0.29, 0.717) is 16.9 Å². The fourth-order valence-electron chi connectivity index (χ4n) is 9.15. The number of phenolic OH excluding ortho intramolecular Hbond substituents is 2. The van der Waals surface area contributed by atoms with Gasteiger partial charge in [0.05, 0.1) is 0 Å². The van der Waals surface area contributed by atoms with Crippen molar-refractivity contribution in [2.24, 2.45) is 33.8 Å². The Kier molecular flexibility index (Phi) is 6.31. The number of allylic oxidation sites excluding steroid dienone is 1. The molecule has 0 heterocycles. The lowest BCUT2D eigenvalue weighted by Crippen LogP contribution is -2.61. The lowest BCUT2D eigenvalue weighted by molar-refractivity contribution is -0.145. The van der Waals surface area contributed by atoms with E-state index in [-0.39, 0.29) is 38.7 Å². The minimum absolute atomic E-state index is 0.00800. The number of benzene rings is 1. The lowest BCUT2D eigenvalue weighted by atomic mass is 9.35. The van der Waals surface area contributed by atoms with Gasteiger partial charge in [0.15, 0.2) is 11.5 Å². The standard InChI is InChI=1S/C31H45NO4S/c1-17-7-8-28(3)9-11-31(6)24-15-22(37-16-20(32)27(35)36)25-18(2)26(34)21(33)14-19(25)29(24,4)10-12-30(31,5)23(28)13-17/h14-15,17,20,22-23,33-34H,7-13,16,32H2,1-6H3,(H,35,36)/t17-,20+,22?,23+,28+,29-,30-,31+/m0/s1. The quantitative estimate of drug-likeness (QED) is 0.253. The van der Waals surface area contributed by atoms with Gasteiger partial charge >= 0.3 is 5.97 Å². The third kappa shape index (κ3) is 3.71. The fraction of sp³-hybridized carbons (Fsp3) is 0.710. The molecule has 6 heteroatoms. The molecule has 4 aliphatic rings. The summed E-state index contributed by atoms with van der Waals surface area (Å²) in [6.45, 7) is 14.2. The number of nitrogens with two attached hydrogens (primary N) is 1. The first-order valence-electron chi connectivity index (χ1n) is 14.1. The Balaban J connectivity index is 1.66. The summed E-state index contributed by atoms with van der Waals surface area (Å²) < 4.78 is 0. The van der Waals surface area contributed by atoms with Gasteiger partial charge in [0.2, 0.25) is 0 Å². The number of aromatic hydroxyl groups is 2. The number of phenols is 2. The van der Waals surface area contributed by atoms with Crippen molar-refractivity contribution >= 4 is 17.7 Å². The smallest absolute Gasteiger partial charge is 0.321 e. The summed E-state index contributed by atoms with van der Waals surface area (Å²) in [7, 11) is 0. The number of thioether (sulfide) groups is 1. The zero-order valence-electron chi connectivity index (χ0n) is 23.4. The summed E-state index contributed by atoms with van der Waals surface area (Å²) in [6.07, 6.45) is 10.9. The topological polar surface area (TPSA) is 104 Å². The highest BCUT2D eigenvalue weighted by molar-refractivity contribution is 7.99. The van der Waals surface area contributed by atoms with Crippen LogP contribution in [0.5, 0.6) is 11.5 Å². The second kappa shape index (κ2) is 8.67. The maximum absolute atomic E-state index is 11.5. The number of carbonyl (C=O) groups is 1. The van der Waals surface area contributed by atoms with Crippen LogP contribution < -0.4 is 5.73 Å². The van der Waals surface area contributed by atoms with E-state index in [1.165, 1.54) is 31.3 Å². The third-order valence-corrected chi connectivity index (χ3v) is 13.1. The van der Waals surface area contributed by atoms with Crippen molar-refractivity contribution in [1.82, 2.24) is 0 Å². The van der Waals surface area contributed by atoms with Crippen LogP contribution in [0.25, 0.3) is 0 Å². The van der Waals surface area contributed by atoms with Crippen LogP contribution in [-0.4, -0.2) is 33.1 Å². The van der Waals surface area contributed by atoms with Crippen molar-refractivity contribution in [3.05, 3.63) is 34.4 Å². The number of hydrogen-bond donors (Lipinski definition) is 4. The minimum atomic E-state index is -0.999. The summed E-state index contributed by atoms with van der Waals surface area (Å²) in [6, 6.07) is 0.842. The summed E-state index contributed by atoms with van der Waals surface area (Å²) in [4.78, 5) is 11.5. The average Bonchev–Trinajstić information content (AvgIpc) is 2.84. The number of fused-ring (bicyclic) bond motifs is 7. The summed E-state index contributed by atoms with van der Waals surface area (Å²) >= 11 is 1.54. The molecule has 1 unspecified atom stereocenters. The predicted octanol–water partition coefficient (Wildman–Crippen LogP) is 6.83. The molecule has 4 aliphatic carbocycles. The normalized spacial score (nSPS) is 41.5. The van der Waals surface area contributed by atoms with Gasteiger partial charge in [-0.05, 0) is 96.3 Å². The molecule has 0 aromatic heterocycles. The van der Waals surface area contributed by atoms with E-state index in [9.17, 15) is 20.1 Å². The molecule has 0 aliphatic heterocycles. The number of rotatable bonds is 4. The van der Waals surface area contributed by atoms with E-state index in [0.717, 1.165) is 36.3 Å². The molecule has 8 atom stereocenters. The number of hydrogen-bond acceptors (Lipinski definition) is 5. The van der Waals surface area contributed by atoms with Crippen LogP contribution in [0.1, 0.15) is 102 Å². The Morgan fingerprint density at radius 1 is 1.14 bits per heavy atom. The summed E-state index contributed by atoms with van der Waals surface area (Å²) in [5, 5.41) is 30.7. The third-order valence-electron chi connectivity index (χ3n) is 11.8. The van der Waals surface area contributed by atoms with Gasteiger partial charge in [0.1, 0.15) is 6.04 Å². The van der Waals surface area contributed by atoms with Gasteiger partial charge in [-0.3, -0.25) is 4.79 Å². The Hall–Kier alpha value is -1.66. The molecular weight excluding hydrogens is 482 g/mol. The van der Waals surface area contributed by atoms with Gasteiger partial charge < -0.3 is 21.1 Å². The SMILES string of the molecule is Cc1c(O)c(O)cc2c1C(SC[C@@H](N)C(=O)O)C=C1[C@@]2(C)CC[C@@]2(C)[C@@H]3C[C@@H](C)CC[C@]3(C)CC[C@]12C. The van der Waals surface area contributed by atoms with E-state index in [1.54, 1.807) is 17.8 Å². The molecule has 37 heavy (non-hydrogen) atoms. The molecule has 5 nitrogen and oxygen atoms in total. The van der Waals surface area contributed by atoms with E-state index >= 15 is 0 Å². The molecule has 0 bridgehead atoms. The number of carboxylic acid groups (broad SMARTS) is 1. The van der Waals surface area contributed by atoms with Crippen molar-refractivity contribution < 1.29 is 20.1 Å². The number of carboxylic acids is 1. The maximum Gasteiger partial charge on any atom is 0.321 e. The van der Waals surface area contributed by atoms with E-state index in [4.69, 9.17) is 5.73 Å². The highest BCUT2D eigenvalue weighted by Gasteiger charge is 2.65. The molecule has 0 spiro atoms. The van der Waals surface area contributed by atoms with Crippen LogP contribution in [0.2, 0.25) is 0 Å². The van der Waals surface area contributed by atoms with Crippen LogP contribution in [0.3, 0.4) is 0 Å². The Morgan fingerprint density at radius 3 is 2.51 bits per heavy atom. The number of aliphatic carboxylic acids is 1. The Bertz CT molecular complexity index is 1160. The van der Waals surface area contributed by atoms with Crippen molar-refractivity contribution in [3.63, 3.8) is 0 Å². The van der Waals surface area contributed by atoms with Crippen molar-refractivity contribution in [2.75, 3.05) is 5.75 Å². The maximum atomic E-state index is 11.5. The zero-order valence-corrected chi connectivity index (χ0v) is 24.2. The first-order chi connectivity index (χ1) is 17.2. The largest absolute Gasteiger partial charge is 0.504 e. The van der Waals surface area contributed by atoms with Gasteiger partial charge in [-0.15, -0.1) is 11.8 Å². The van der Waals surface area contributed by atoms with Gasteiger partial charge in [-0.1, -0.05) is 52.7 Å². The van der Waals surface area contributed by atoms with Crippen LogP contribution in [0, 0.1) is 35.0 Å². The van der Waals surface area contributed by atoms with Gasteiger partial charge in [-0.2, -0.15) is 0 Å². The molecule has 1 aromatic carbocycles. The minimum Gasteiger partial charge on any atom is -0.504 e. The highest BCUT2D eigenvalue weighted by Crippen LogP contribution is 2.74. The van der Waals surface area contributed by atoms with Crippen LogP contribution >= 0.6 is 11.8 Å². The Morgan fingerprint density at radius 2 is 1.84 bits per heavy atom. The van der Waals surface area contributed by atoms with Crippen molar-refractivity contribution in [3.8, 4) is 11.5 Å². The molecule has 0 amide bonds. The Labute approximate surface area is 226 Å². The van der Waals surface area contributed by atoms with E-state index < -0.39 is 12.0 Å². The van der Waals surface area contributed by atoms with Gasteiger partial charge in [-0.25, -0.2) is 0 Å². The monoisotopic (exact) mass is 527 g/mol. The molecular formula is C31H45NO4S. The van der Waals surface area contributed by atoms with Crippen molar-refractivity contribution in [2.45, 2.75) is 103 Å². The molecule has 204 valence electrons. The van der Waals surface area contributed by atoms with Crippen molar-refractivity contribution in [1.29, 1.82) is 0 Å². The molecule has 5 rings (SSSR count). The van der Waals surface area contributed by atoms with Crippen LogP contribution in [0.4, 0.5) is 0 Å². The van der Waals surface area contributed by atoms with E-state index in [1.807, 2.05) is 6.92 Å². The molecule has 3 fully saturated rings. The second-order valence-corrected chi connectivity index (χ2v) is 15.0. The molecule has 0 saturated heterocycles. The highest BCUT2D eigenvalue weighted by atomic mass is 32.2. The molecule has 5 N–H and O–H groups in total. The first kappa shape index (κ1) is 26.9. The summed E-state index contributed by atoms with van der Waals surface area (Å²) in [5.74, 6) is 0.574. The average molecular weight is 528 g/mol. The second-order valence-electron chi connectivity index (χ2n) is 13.8. The zero-order chi connectivity index (χ0) is 27.1. The van der Waals surface area contributed by atoms with Crippen LogP contribution in [0.15, 0.2) is 17.7 Å². The van der Waals surface area contributed by atoms with Gasteiger partial charge in [0.25, 0.3) is 0 Å². The first-order valence-corrected chi connectivity index (χ1v) is 15.1. The lowest BCUT2D eigenvalue weighted by Gasteiger charge is -2.69. The molecule has 3 saturated carbocycles. The van der Waals surface area contributed by atoms with Crippen LogP contribution in [-0.2, 0) is 10.2 Å². The molecule has 1 aromatic rings. The van der Waals surface area contributed by atoms with Gasteiger partial charge in [0, 0.05) is 16.4 Å². The van der Waals surface area contributed by atoms with E-state index in [2.05, 4.69) is 40.7 Å². The predicted molar refractivity (Wildman–Crippen MR) is 150 cm³/mol. The molecule has 0 radical (unpaired) electrons. The summed E-state index contributed by atoms with van der Waals surface area (Å²) in [5.41, 5.74) is 10.5. The fourth-order valence-corrected chi connectivity index (χ4v) is 10.4.